The van der Waals surface area contributed by atoms with Crippen LogP contribution >= 0.6 is 0 Å². The van der Waals surface area contributed by atoms with E-state index in [-0.39, 0.29) is 5.78 Å². The molecular weight excluding hydrogens is 202 g/mol. The third-order valence-corrected chi connectivity index (χ3v) is 2.15. The lowest BCUT2D eigenvalue weighted by Crippen LogP contribution is -2.06. The van der Waals surface area contributed by atoms with E-state index >= 15 is 0 Å². The largest absolute Gasteiger partial charge is 0.497 e. The van der Waals surface area contributed by atoms with Crippen molar-refractivity contribution in [3.05, 3.63) is 36.0 Å². The van der Waals surface area contributed by atoms with Crippen LogP contribution in [0.4, 0.5) is 0 Å². The first-order valence-electron chi connectivity index (χ1n) is 5.08. The van der Waals surface area contributed by atoms with Gasteiger partial charge in [-0.3, -0.25) is 4.79 Å². The average molecular weight is 219 g/mol. The molecule has 0 N–H and O–H groups in total. The zero-order chi connectivity index (χ0) is 12.1. The van der Waals surface area contributed by atoms with Crippen molar-refractivity contribution < 1.29 is 9.53 Å². The lowest BCUT2D eigenvalue weighted by molar-refractivity contribution is -0.111. The Kier molecular flexibility index (Phi) is 4.11. The summed E-state index contributed by atoms with van der Waals surface area (Å²) in [6, 6.07) is 7.49. The van der Waals surface area contributed by atoms with Crippen molar-refractivity contribution in [3.63, 3.8) is 0 Å². The Hall–Kier alpha value is -1.77. The highest BCUT2D eigenvalue weighted by Gasteiger charge is 2.08. The molecule has 0 aliphatic carbocycles. The first-order valence-corrected chi connectivity index (χ1v) is 5.08. The Morgan fingerprint density at radius 3 is 2.56 bits per heavy atom. The van der Waals surface area contributed by atoms with Crippen molar-refractivity contribution in [2.75, 3.05) is 21.2 Å². The molecule has 3 nitrogen and oxygen atoms in total. The van der Waals surface area contributed by atoms with Crippen LogP contribution < -0.4 is 4.74 Å². The summed E-state index contributed by atoms with van der Waals surface area (Å²) in [5.74, 6) is 0.797. The Balaban J connectivity index is 3.16. The van der Waals surface area contributed by atoms with Gasteiger partial charge in [-0.25, -0.2) is 0 Å². The lowest BCUT2D eigenvalue weighted by atomic mass is 10.0. The second-order valence-corrected chi connectivity index (χ2v) is 3.79. The minimum Gasteiger partial charge on any atom is -0.497 e. The summed E-state index contributed by atoms with van der Waals surface area (Å²) in [7, 11) is 5.40. The number of hydrogen-bond donors (Lipinski definition) is 0. The van der Waals surface area contributed by atoms with Gasteiger partial charge in [0, 0.05) is 25.9 Å². The van der Waals surface area contributed by atoms with E-state index in [0.29, 0.717) is 5.57 Å². The van der Waals surface area contributed by atoms with E-state index in [1.54, 1.807) is 14.0 Å². The van der Waals surface area contributed by atoms with Crippen LogP contribution in [0.3, 0.4) is 0 Å². The molecule has 0 saturated heterocycles. The van der Waals surface area contributed by atoms with E-state index < -0.39 is 0 Å². The van der Waals surface area contributed by atoms with Gasteiger partial charge in [-0.2, -0.15) is 0 Å². The second kappa shape index (κ2) is 5.35. The highest BCUT2D eigenvalue weighted by Crippen LogP contribution is 2.20. The lowest BCUT2D eigenvalue weighted by Gasteiger charge is -2.10. The van der Waals surface area contributed by atoms with Crippen LogP contribution in [-0.2, 0) is 4.79 Å². The van der Waals surface area contributed by atoms with E-state index in [4.69, 9.17) is 4.74 Å². The zero-order valence-corrected chi connectivity index (χ0v) is 10.2. The van der Waals surface area contributed by atoms with Crippen molar-refractivity contribution in [1.82, 2.24) is 4.90 Å². The van der Waals surface area contributed by atoms with E-state index in [0.717, 1.165) is 11.3 Å². The van der Waals surface area contributed by atoms with E-state index in [9.17, 15) is 4.79 Å². The number of benzene rings is 1. The normalized spacial score (nSPS) is 11.1. The number of carbonyl (C=O) groups is 1. The number of ketones is 1. The third kappa shape index (κ3) is 3.12. The Labute approximate surface area is 96.3 Å². The molecule has 0 bridgehead atoms. The quantitative estimate of drug-likeness (QED) is 0.727. The molecule has 0 saturated carbocycles. The summed E-state index contributed by atoms with van der Waals surface area (Å²) in [4.78, 5) is 13.4. The molecule has 1 aromatic carbocycles. The Bertz CT molecular complexity index is 408. The molecule has 0 heterocycles. The molecule has 0 fully saturated rings. The van der Waals surface area contributed by atoms with Gasteiger partial charge in [-0.05, 0) is 24.6 Å². The van der Waals surface area contributed by atoms with Gasteiger partial charge >= 0.3 is 0 Å². The smallest absolute Gasteiger partial charge is 0.161 e. The summed E-state index contributed by atoms with van der Waals surface area (Å²) in [5, 5.41) is 0. The maximum absolute atomic E-state index is 11.5. The average Bonchev–Trinajstić information content (AvgIpc) is 2.25. The number of ether oxygens (including phenoxy) is 1. The number of Topliss-reactive ketones (excluding diaryl/α,β-unsaturated/α-hetero) is 1. The van der Waals surface area contributed by atoms with Crippen LogP contribution in [-0.4, -0.2) is 31.9 Å². The first-order chi connectivity index (χ1) is 7.54. The van der Waals surface area contributed by atoms with Crippen molar-refractivity contribution >= 4 is 11.4 Å². The van der Waals surface area contributed by atoms with Gasteiger partial charge in [0.05, 0.1) is 7.11 Å². The number of allylic oxidation sites excluding steroid dienone is 1. The fourth-order valence-corrected chi connectivity index (χ4v) is 1.42. The topological polar surface area (TPSA) is 29.5 Å². The minimum absolute atomic E-state index is 0.0435. The van der Waals surface area contributed by atoms with E-state index in [2.05, 4.69) is 0 Å². The highest BCUT2D eigenvalue weighted by atomic mass is 16.5. The summed E-state index contributed by atoms with van der Waals surface area (Å²) in [6.45, 7) is 1.56. The van der Waals surface area contributed by atoms with Gasteiger partial charge in [-0.15, -0.1) is 0 Å². The van der Waals surface area contributed by atoms with E-state index in [1.807, 2.05) is 49.5 Å². The van der Waals surface area contributed by atoms with Gasteiger partial charge in [0.1, 0.15) is 5.75 Å². The van der Waals surface area contributed by atoms with Gasteiger partial charge in [0.25, 0.3) is 0 Å². The summed E-state index contributed by atoms with van der Waals surface area (Å²) >= 11 is 0. The number of hydrogen-bond acceptors (Lipinski definition) is 3. The molecule has 3 heteroatoms. The second-order valence-electron chi connectivity index (χ2n) is 3.79. The number of rotatable bonds is 4. The van der Waals surface area contributed by atoms with Crippen LogP contribution in [0.25, 0.3) is 5.57 Å². The molecule has 0 aliphatic heterocycles. The van der Waals surface area contributed by atoms with E-state index in [1.165, 1.54) is 0 Å². The molecule has 86 valence electrons. The van der Waals surface area contributed by atoms with Crippen LogP contribution in [0.15, 0.2) is 30.5 Å². The van der Waals surface area contributed by atoms with Crippen molar-refractivity contribution in [2.45, 2.75) is 6.92 Å². The standard InChI is InChI=1S/C13H17NO2/c1-10(15)13(9-14(2)3)11-6-5-7-12(8-11)16-4/h5-9H,1-4H3/b13-9-. The molecule has 0 aromatic heterocycles. The minimum atomic E-state index is 0.0435. The maximum atomic E-state index is 11.5. The number of methoxy groups -OCH3 is 1. The van der Waals surface area contributed by atoms with Gasteiger partial charge in [0.15, 0.2) is 5.78 Å². The van der Waals surface area contributed by atoms with Gasteiger partial charge in [0.2, 0.25) is 0 Å². The number of carbonyl (C=O) groups excluding carboxylic acids is 1. The maximum Gasteiger partial charge on any atom is 0.161 e. The molecule has 0 aliphatic rings. The molecule has 0 atom stereocenters. The molecule has 0 amide bonds. The molecule has 1 rings (SSSR count). The first kappa shape index (κ1) is 12.3. The van der Waals surface area contributed by atoms with Crippen molar-refractivity contribution in [2.24, 2.45) is 0 Å². The monoisotopic (exact) mass is 219 g/mol. The fourth-order valence-electron chi connectivity index (χ4n) is 1.42. The van der Waals surface area contributed by atoms with Crippen LogP contribution in [0.5, 0.6) is 5.75 Å². The SMILES string of the molecule is COc1cccc(/C(=C\N(C)C)C(C)=O)c1. The summed E-state index contributed by atoms with van der Waals surface area (Å²) in [5.41, 5.74) is 1.56. The molecule has 1 aromatic rings. The summed E-state index contributed by atoms with van der Waals surface area (Å²) in [6.07, 6.45) is 1.82. The number of nitrogens with zero attached hydrogens (tertiary/aromatic N) is 1. The predicted octanol–water partition coefficient (Wildman–Crippen LogP) is 2.19. The van der Waals surface area contributed by atoms with Gasteiger partial charge < -0.3 is 9.64 Å². The Morgan fingerprint density at radius 1 is 1.38 bits per heavy atom. The molecular formula is C13H17NO2. The molecule has 0 radical (unpaired) electrons. The van der Waals surface area contributed by atoms with Crippen LogP contribution in [0.1, 0.15) is 12.5 Å². The molecule has 16 heavy (non-hydrogen) atoms. The molecule has 0 spiro atoms. The summed E-state index contributed by atoms with van der Waals surface area (Å²) < 4.78 is 5.14. The van der Waals surface area contributed by atoms with Gasteiger partial charge in [-0.1, -0.05) is 12.1 Å². The molecule has 0 unspecified atom stereocenters. The van der Waals surface area contributed by atoms with Crippen molar-refractivity contribution in [1.29, 1.82) is 0 Å². The third-order valence-electron chi connectivity index (χ3n) is 2.15. The van der Waals surface area contributed by atoms with Crippen LogP contribution in [0.2, 0.25) is 0 Å². The highest BCUT2D eigenvalue weighted by molar-refractivity contribution is 6.19. The fraction of sp³-hybridized carbons (Fsp3) is 0.308. The van der Waals surface area contributed by atoms with Crippen molar-refractivity contribution in [3.8, 4) is 5.75 Å². The van der Waals surface area contributed by atoms with Crippen LogP contribution in [0, 0.1) is 0 Å². The Morgan fingerprint density at radius 2 is 2.06 bits per heavy atom. The predicted molar refractivity (Wildman–Crippen MR) is 65.3 cm³/mol. The zero-order valence-electron chi connectivity index (χ0n) is 10.2.